The van der Waals surface area contributed by atoms with Crippen molar-refractivity contribution < 1.29 is 18.6 Å². The van der Waals surface area contributed by atoms with Crippen LogP contribution in [-0.2, 0) is 18.1 Å². The molecule has 0 bridgehead atoms. The molecule has 0 saturated carbocycles. The van der Waals surface area contributed by atoms with Gasteiger partial charge in [-0.3, -0.25) is 0 Å². The second kappa shape index (κ2) is 9.11. The van der Waals surface area contributed by atoms with Gasteiger partial charge in [0.05, 0.1) is 7.11 Å². The summed E-state index contributed by atoms with van der Waals surface area (Å²) in [5.74, 6) is 0.378. The summed E-state index contributed by atoms with van der Waals surface area (Å²) in [6.45, 7) is 7.86. The van der Waals surface area contributed by atoms with Crippen molar-refractivity contribution in [2.24, 2.45) is 0 Å². The highest BCUT2D eigenvalue weighted by Gasteiger charge is 2.19. The van der Waals surface area contributed by atoms with Gasteiger partial charge in [0.15, 0.2) is 11.5 Å². The molecule has 0 aliphatic carbocycles. The first-order valence-electron chi connectivity index (χ1n) is 9.32. The minimum absolute atomic E-state index is 0.0105. The molecule has 0 unspecified atom stereocenters. The average Bonchev–Trinajstić information content (AvgIpc) is 2.98. The number of benzene rings is 1. The smallest absolute Gasteiger partial charge is 0.230 e. The fourth-order valence-electron chi connectivity index (χ4n) is 2.70. The van der Waals surface area contributed by atoms with E-state index in [1.165, 1.54) is 6.20 Å². The monoisotopic (exact) mass is 437 g/mol. The molecule has 9 heteroatoms. The maximum absolute atomic E-state index is 14.6. The van der Waals surface area contributed by atoms with Gasteiger partial charge < -0.3 is 18.8 Å². The van der Waals surface area contributed by atoms with Crippen molar-refractivity contribution in [2.75, 3.05) is 13.7 Å². The largest absolute Gasteiger partial charge is 0.497 e. The fraction of sp³-hybridized carbons (Fsp3) is 0.400. The Labute approximate surface area is 175 Å². The van der Waals surface area contributed by atoms with Crippen LogP contribution >= 0.6 is 11.6 Å². The number of fused-ring (bicyclic) bond motifs is 1. The first-order valence-corrected chi connectivity index (χ1v) is 13.4. The summed E-state index contributed by atoms with van der Waals surface area (Å²) in [6, 6.07) is 8.42. The zero-order valence-corrected chi connectivity index (χ0v) is 18.8. The zero-order chi connectivity index (χ0) is 21.0. The first kappa shape index (κ1) is 21.5. The maximum atomic E-state index is 14.6. The zero-order valence-electron chi connectivity index (χ0n) is 17.0. The molecule has 29 heavy (non-hydrogen) atoms. The van der Waals surface area contributed by atoms with Gasteiger partial charge >= 0.3 is 0 Å². The molecule has 0 N–H and O–H groups in total. The summed E-state index contributed by atoms with van der Waals surface area (Å²) in [5.41, 5.74) is 1.24. The Balaban J connectivity index is 1.76. The van der Waals surface area contributed by atoms with Gasteiger partial charge in [-0.15, -0.1) is 0 Å². The van der Waals surface area contributed by atoms with Crippen LogP contribution in [-0.4, -0.2) is 36.3 Å². The molecule has 156 valence electrons. The molecule has 2 aromatic heterocycles. The van der Waals surface area contributed by atoms with Crippen LogP contribution in [0.4, 0.5) is 4.39 Å². The van der Waals surface area contributed by atoms with Crippen molar-refractivity contribution in [3.63, 3.8) is 0 Å². The number of nitrogens with zero attached hydrogens (tertiary/aromatic N) is 3. The van der Waals surface area contributed by atoms with E-state index in [1.54, 1.807) is 11.7 Å². The molecule has 1 aromatic carbocycles. The molecule has 0 aliphatic heterocycles. The number of hydrogen-bond donors (Lipinski definition) is 0. The van der Waals surface area contributed by atoms with Gasteiger partial charge in [-0.2, -0.15) is 9.97 Å². The number of ether oxygens (including phenoxy) is 3. The molecule has 6 nitrogen and oxygen atoms in total. The molecule has 0 aliphatic rings. The van der Waals surface area contributed by atoms with E-state index in [0.717, 1.165) is 17.4 Å². The second-order valence-electron chi connectivity index (χ2n) is 7.93. The molecule has 0 amide bonds. The fourth-order valence-corrected chi connectivity index (χ4v) is 3.61. The van der Waals surface area contributed by atoms with Gasteiger partial charge in [0.1, 0.15) is 24.5 Å². The number of methoxy groups -OCH3 is 1. The van der Waals surface area contributed by atoms with Crippen LogP contribution in [0.25, 0.3) is 11.0 Å². The summed E-state index contributed by atoms with van der Waals surface area (Å²) in [6.07, 6.45) is 1.34. The summed E-state index contributed by atoms with van der Waals surface area (Å²) in [7, 11) is 0.411. The lowest BCUT2D eigenvalue weighted by Crippen LogP contribution is -2.22. The van der Waals surface area contributed by atoms with Crippen LogP contribution in [0.1, 0.15) is 5.56 Å². The molecule has 2 heterocycles. The molecule has 0 saturated heterocycles. The van der Waals surface area contributed by atoms with Gasteiger partial charge in [0.2, 0.25) is 11.2 Å². The van der Waals surface area contributed by atoms with Gasteiger partial charge in [-0.1, -0.05) is 31.8 Å². The van der Waals surface area contributed by atoms with Crippen LogP contribution in [0.3, 0.4) is 0 Å². The Bertz CT molecular complexity index is 974. The van der Waals surface area contributed by atoms with Crippen molar-refractivity contribution in [1.82, 2.24) is 14.5 Å². The Hall–Kier alpha value is -2.16. The van der Waals surface area contributed by atoms with E-state index in [-0.39, 0.29) is 29.9 Å². The van der Waals surface area contributed by atoms with E-state index in [2.05, 4.69) is 29.6 Å². The van der Waals surface area contributed by atoms with E-state index in [9.17, 15) is 4.39 Å². The van der Waals surface area contributed by atoms with E-state index >= 15 is 0 Å². The maximum Gasteiger partial charge on any atom is 0.230 e. The highest BCUT2D eigenvalue weighted by Crippen LogP contribution is 2.29. The summed E-state index contributed by atoms with van der Waals surface area (Å²) in [5, 5.41) is 0.181. The van der Waals surface area contributed by atoms with Crippen LogP contribution < -0.4 is 9.47 Å². The quantitative estimate of drug-likeness (QED) is 0.264. The van der Waals surface area contributed by atoms with Crippen molar-refractivity contribution in [1.29, 1.82) is 0 Å². The molecule has 0 atom stereocenters. The normalized spacial score (nSPS) is 11.8. The summed E-state index contributed by atoms with van der Waals surface area (Å²) in [4.78, 5) is 8.24. The summed E-state index contributed by atoms with van der Waals surface area (Å²) >= 11 is 6.06. The lowest BCUT2D eigenvalue weighted by atomic mass is 10.2. The third kappa shape index (κ3) is 5.68. The standard InChI is InChI=1S/C20H25ClFN3O3Si/c1-26-15-7-5-14(6-8-15)12-28-19-17-16(22)11-25(18(17)23-20(21)24-19)13-27-9-10-29(2,3)4/h5-8,11H,9-10,12-13H2,1-4H3. The highest BCUT2D eigenvalue weighted by molar-refractivity contribution is 6.76. The lowest BCUT2D eigenvalue weighted by molar-refractivity contribution is 0.0895. The first-order chi connectivity index (χ1) is 13.8. The van der Waals surface area contributed by atoms with Crippen molar-refractivity contribution in [3.05, 3.63) is 47.1 Å². The number of halogens is 2. The van der Waals surface area contributed by atoms with Crippen molar-refractivity contribution >= 4 is 30.7 Å². The Kier molecular flexibility index (Phi) is 6.76. The average molecular weight is 438 g/mol. The van der Waals surface area contributed by atoms with Gasteiger partial charge in [0, 0.05) is 20.9 Å². The Morgan fingerprint density at radius 3 is 2.52 bits per heavy atom. The predicted octanol–water partition coefficient (Wildman–Crippen LogP) is 5.12. The minimum atomic E-state index is -1.19. The lowest BCUT2D eigenvalue weighted by Gasteiger charge is -2.15. The number of hydrogen-bond acceptors (Lipinski definition) is 5. The van der Waals surface area contributed by atoms with Crippen LogP contribution in [0.5, 0.6) is 11.6 Å². The SMILES string of the molecule is COc1ccc(COc2nc(Cl)nc3c2c(F)cn3COCC[Si](C)(C)C)cc1. The minimum Gasteiger partial charge on any atom is -0.497 e. The van der Waals surface area contributed by atoms with Crippen molar-refractivity contribution in [2.45, 2.75) is 39.0 Å². The van der Waals surface area contributed by atoms with Crippen molar-refractivity contribution in [3.8, 4) is 11.6 Å². The van der Waals surface area contributed by atoms with E-state index in [4.69, 9.17) is 25.8 Å². The molecular formula is C20H25ClFN3O3Si. The van der Waals surface area contributed by atoms with Crippen LogP contribution in [0, 0.1) is 5.82 Å². The molecule has 0 fully saturated rings. The third-order valence-corrected chi connectivity index (χ3v) is 6.24. The summed E-state index contributed by atoms with van der Waals surface area (Å²) < 4.78 is 32.8. The third-order valence-electron chi connectivity index (χ3n) is 4.37. The Morgan fingerprint density at radius 1 is 1.14 bits per heavy atom. The topological polar surface area (TPSA) is 58.4 Å². The molecule has 0 radical (unpaired) electrons. The molecule has 3 rings (SSSR count). The molecule has 0 spiro atoms. The highest BCUT2D eigenvalue weighted by atomic mass is 35.5. The van der Waals surface area contributed by atoms with E-state index in [1.807, 2.05) is 24.3 Å². The number of rotatable bonds is 9. The number of aromatic nitrogens is 3. The van der Waals surface area contributed by atoms with E-state index < -0.39 is 13.9 Å². The van der Waals surface area contributed by atoms with Gasteiger partial charge in [0.25, 0.3) is 0 Å². The van der Waals surface area contributed by atoms with Gasteiger partial charge in [-0.25, -0.2) is 4.39 Å². The molecule has 3 aromatic rings. The van der Waals surface area contributed by atoms with E-state index in [0.29, 0.717) is 12.3 Å². The molecular weight excluding hydrogens is 413 g/mol. The Morgan fingerprint density at radius 2 is 1.86 bits per heavy atom. The second-order valence-corrected chi connectivity index (χ2v) is 13.9. The van der Waals surface area contributed by atoms with Gasteiger partial charge in [-0.05, 0) is 35.3 Å². The van der Waals surface area contributed by atoms with Crippen LogP contribution in [0.15, 0.2) is 30.5 Å². The predicted molar refractivity (Wildman–Crippen MR) is 114 cm³/mol. The van der Waals surface area contributed by atoms with Crippen LogP contribution in [0.2, 0.25) is 31.0 Å².